The van der Waals surface area contributed by atoms with E-state index in [0.717, 1.165) is 0 Å². The summed E-state index contributed by atoms with van der Waals surface area (Å²) in [5.41, 5.74) is 0. The molecule has 96 valence electrons. The molecular formula is C12H26N2OS. The van der Waals surface area contributed by atoms with Crippen LogP contribution in [-0.2, 0) is 0 Å². The van der Waals surface area contributed by atoms with Crippen molar-refractivity contribution in [3.05, 3.63) is 0 Å². The molecule has 1 aliphatic heterocycles. The topological polar surface area (TPSA) is 35.5 Å². The molecule has 2 N–H and O–H groups in total. The summed E-state index contributed by atoms with van der Waals surface area (Å²) in [6.07, 6.45) is 3.28. The van der Waals surface area contributed by atoms with E-state index >= 15 is 0 Å². The van der Waals surface area contributed by atoms with E-state index in [1.54, 1.807) is 11.8 Å². The lowest BCUT2D eigenvalue weighted by molar-refractivity contribution is 0.163. The predicted octanol–water partition coefficient (Wildman–Crippen LogP) is 1.03. The molecule has 0 saturated carbocycles. The summed E-state index contributed by atoms with van der Waals surface area (Å²) >= 11 is 1.75. The molecule has 0 spiro atoms. The van der Waals surface area contributed by atoms with Crippen LogP contribution in [0.3, 0.4) is 0 Å². The minimum Gasteiger partial charge on any atom is -0.395 e. The van der Waals surface area contributed by atoms with E-state index in [-0.39, 0.29) is 6.61 Å². The summed E-state index contributed by atoms with van der Waals surface area (Å²) in [5.74, 6) is 0.697. The lowest BCUT2D eigenvalue weighted by Crippen LogP contribution is -2.52. The number of rotatable bonds is 5. The number of piperidine rings is 1. The van der Waals surface area contributed by atoms with Crippen molar-refractivity contribution < 1.29 is 5.11 Å². The highest BCUT2D eigenvalue weighted by atomic mass is 32.2. The second-order valence-corrected chi connectivity index (χ2v) is 6.12. The smallest absolute Gasteiger partial charge is 0.0564 e. The quantitative estimate of drug-likeness (QED) is 0.759. The number of likely N-dealkylation sites (tertiary alicyclic amines) is 1. The van der Waals surface area contributed by atoms with Gasteiger partial charge >= 0.3 is 0 Å². The number of aliphatic hydroxyl groups excluding tert-OH is 1. The highest BCUT2D eigenvalue weighted by Gasteiger charge is 2.27. The van der Waals surface area contributed by atoms with Crippen LogP contribution in [0.4, 0.5) is 0 Å². The zero-order valence-corrected chi connectivity index (χ0v) is 11.8. The van der Waals surface area contributed by atoms with Crippen molar-refractivity contribution in [3.63, 3.8) is 0 Å². The van der Waals surface area contributed by atoms with Gasteiger partial charge in [0.15, 0.2) is 0 Å². The van der Waals surface area contributed by atoms with Crippen LogP contribution >= 0.6 is 11.8 Å². The molecule has 0 aromatic rings. The van der Waals surface area contributed by atoms with Crippen molar-refractivity contribution in [2.45, 2.75) is 37.6 Å². The Hall–Kier alpha value is 0.230. The maximum Gasteiger partial charge on any atom is 0.0564 e. The van der Waals surface area contributed by atoms with Crippen LogP contribution in [0.15, 0.2) is 0 Å². The van der Waals surface area contributed by atoms with E-state index in [0.29, 0.717) is 23.3 Å². The molecule has 0 aromatic heterocycles. The second kappa shape index (κ2) is 6.84. The fourth-order valence-electron chi connectivity index (χ4n) is 2.48. The van der Waals surface area contributed by atoms with E-state index in [1.165, 1.54) is 19.5 Å². The first-order valence-corrected chi connectivity index (χ1v) is 7.45. The summed E-state index contributed by atoms with van der Waals surface area (Å²) in [6.45, 7) is 7.11. The van der Waals surface area contributed by atoms with Crippen LogP contribution in [0.5, 0.6) is 0 Å². The van der Waals surface area contributed by atoms with Gasteiger partial charge in [0.25, 0.3) is 0 Å². The first-order valence-electron chi connectivity index (χ1n) is 6.16. The lowest BCUT2D eigenvalue weighted by Gasteiger charge is -2.38. The number of aliphatic hydroxyl groups is 1. The van der Waals surface area contributed by atoms with Gasteiger partial charge in [0.2, 0.25) is 0 Å². The summed E-state index contributed by atoms with van der Waals surface area (Å²) in [4.78, 5) is 2.39. The monoisotopic (exact) mass is 246 g/mol. The summed E-state index contributed by atoms with van der Waals surface area (Å²) in [6, 6.07) is 0.989. The van der Waals surface area contributed by atoms with Crippen LogP contribution in [0, 0.1) is 5.92 Å². The number of thioether (sulfide) groups is 1. The van der Waals surface area contributed by atoms with Gasteiger partial charge in [-0.1, -0.05) is 6.92 Å². The molecule has 0 amide bonds. The molecule has 3 nitrogen and oxygen atoms in total. The van der Waals surface area contributed by atoms with E-state index in [9.17, 15) is 5.11 Å². The van der Waals surface area contributed by atoms with Crippen LogP contribution in [0.25, 0.3) is 0 Å². The van der Waals surface area contributed by atoms with Crippen LogP contribution in [-0.4, -0.2) is 60.3 Å². The Kier molecular flexibility index (Phi) is 6.11. The zero-order valence-electron chi connectivity index (χ0n) is 10.9. The summed E-state index contributed by atoms with van der Waals surface area (Å²) in [7, 11) is 2.19. The van der Waals surface area contributed by atoms with Crippen molar-refractivity contribution in [3.8, 4) is 0 Å². The average molecular weight is 246 g/mol. The third-order valence-corrected chi connectivity index (χ3v) is 4.79. The van der Waals surface area contributed by atoms with Gasteiger partial charge in [-0.2, -0.15) is 11.8 Å². The van der Waals surface area contributed by atoms with E-state index in [1.807, 2.05) is 0 Å². The molecule has 0 aromatic carbocycles. The Morgan fingerprint density at radius 3 is 2.75 bits per heavy atom. The Morgan fingerprint density at radius 2 is 2.25 bits per heavy atom. The highest BCUT2D eigenvalue weighted by Crippen LogP contribution is 2.18. The summed E-state index contributed by atoms with van der Waals surface area (Å²) in [5, 5.41) is 13.3. The third-order valence-electron chi connectivity index (χ3n) is 3.63. The fraction of sp³-hybridized carbons (Fsp3) is 1.00. The second-order valence-electron chi connectivity index (χ2n) is 5.05. The van der Waals surface area contributed by atoms with Crippen molar-refractivity contribution in [1.29, 1.82) is 0 Å². The van der Waals surface area contributed by atoms with Gasteiger partial charge in [0.1, 0.15) is 0 Å². The molecule has 16 heavy (non-hydrogen) atoms. The standard InChI is InChI=1S/C12H26N2OS/c1-9-7-14(3)6-5-11(9)13-10(2)12(8-15)16-4/h9-13,15H,5-8H2,1-4H3. The van der Waals surface area contributed by atoms with E-state index in [4.69, 9.17) is 0 Å². The molecule has 0 radical (unpaired) electrons. The Bertz CT molecular complexity index is 199. The molecule has 1 aliphatic rings. The Morgan fingerprint density at radius 1 is 1.56 bits per heavy atom. The van der Waals surface area contributed by atoms with Crippen molar-refractivity contribution in [2.75, 3.05) is 33.0 Å². The predicted molar refractivity (Wildman–Crippen MR) is 72.1 cm³/mol. The minimum absolute atomic E-state index is 0.260. The molecule has 1 fully saturated rings. The number of hydrogen-bond acceptors (Lipinski definition) is 4. The van der Waals surface area contributed by atoms with Gasteiger partial charge in [-0.25, -0.2) is 0 Å². The Balaban J connectivity index is 2.41. The molecule has 4 atom stereocenters. The van der Waals surface area contributed by atoms with Gasteiger partial charge < -0.3 is 15.3 Å². The van der Waals surface area contributed by atoms with Crippen molar-refractivity contribution in [2.24, 2.45) is 5.92 Å². The first kappa shape index (κ1) is 14.3. The molecule has 1 heterocycles. The molecule has 4 heteroatoms. The molecule has 1 rings (SSSR count). The van der Waals surface area contributed by atoms with E-state index in [2.05, 4.69) is 37.4 Å². The molecular weight excluding hydrogens is 220 g/mol. The van der Waals surface area contributed by atoms with Crippen molar-refractivity contribution >= 4 is 11.8 Å². The molecule has 0 bridgehead atoms. The lowest BCUT2D eigenvalue weighted by atomic mass is 9.93. The maximum absolute atomic E-state index is 9.26. The van der Waals surface area contributed by atoms with Crippen LogP contribution in [0.2, 0.25) is 0 Å². The molecule has 4 unspecified atom stereocenters. The largest absolute Gasteiger partial charge is 0.395 e. The highest BCUT2D eigenvalue weighted by molar-refractivity contribution is 7.99. The van der Waals surface area contributed by atoms with Gasteiger partial charge in [0.05, 0.1) is 6.61 Å². The van der Waals surface area contributed by atoms with E-state index < -0.39 is 0 Å². The fourth-order valence-corrected chi connectivity index (χ4v) is 3.12. The van der Waals surface area contributed by atoms with Gasteiger partial charge in [-0.05, 0) is 39.1 Å². The van der Waals surface area contributed by atoms with Gasteiger partial charge in [-0.15, -0.1) is 0 Å². The van der Waals surface area contributed by atoms with Crippen molar-refractivity contribution in [1.82, 2.24) is 10.2 Å². The first-order chi connectivity index (χ1) is 7.58. The number of hydrogen-bond donors (Lipinski definition) is 2. The molecule has 1 saturated heterocycles. The SMILES string of the molecule is CSC(CO)C(C)NC1CCN(C)CC1C. The molecule has 0 aliphatic carbocycles. The maximum atomic E-state index is 9.26. The Labute approximate surface area is 104 Å². The van der Waals surface area contributed by atoms with Crippen LogP contribution < -0.4 is 5.32 Å². The van der Waals surface area contributed by atoms with Crippen LogP contribution in [0.1, 0.15) is 20.3 Å². The zero-order chi connectivity index (χ0) is 12.1. The average Bonchev–Trinajstić information content (AvgIpc) is 2.24. The normalized spacial score (nSPS) is 31.3. The minimum atomic E-state index is 0.260. The van der Waals surface area contributed by atoms with Gasteiger partial charge in [-0.3, -0.25) is 0 Å². The summed E-state index contributed by atoms with van der Waals surface area (Å²) < 4.78 is 0. The number of nitrogens with one attached hydrogen (secondary N) is 1. The third kappa shape index (κ3) is 3.91. The number of nitrogens with zero attached hydrogens (tertiary/aromatic N) is 1. The van der Waals surface area contributed by atoms with Gasteiger partial charge in [0, 0.05) is 23.9 Å².